The predicted molar refractivity (Wildman–Crippen MR) is 101 cm³/mol. The average Bonchev–Trinajstić information content (AvgIpc) is 2.95. The van der Waals surface area contributed by atoms with Gasteiger partial charge in [0, 0.05) is 16.7 Å². The Morgan fingerprint density at radius 3 is 2.23 bits per heavy atom. The molecule has 1 heterocycles. The second kappa shape index (κ2) is 7.51. The molecule has 0 amide bonds. The van der Waals surface area contributed by atoms with Crippen LogP contribution in [0.1, 0.15) is 26.3 Å². The second-order valence-electron chi connectivity index (χ2n) is 5.37. The predicted octanol–water partition coefficient (Wildman–Crippen LogP) is 2.28. The number of carbonyl (C=O) groups excluding carboxylic acids is 1. The summed E-state index contributed by atoms with van der Waals surface area (Å²) in [6.45, 7) is 0. The van der Waals surface area contributed by atoms with Crippen LogP contribution in [0.5, 0.6) is 0 Å². The van der Waals surface area contributed by atoms with E-state index < -0.39 is 5.97 Å². The van der Waals surface area contributed by atoms with Crippen LogP contribution in [0.3, 0.4) is 0 Å². The first kappa shape index (κ1) is 17.8. The number of rotatable bonds is 4. The van der Waals surface area contributed by atoms with Crippen molar-refractivity contribution in [1.29, 1.82) is 0 Å². The van der Waals surface area contributed by atoms with Crippen LogP contribution in [0.15, 0.2) is 53.3 Å². The lowest BCUT2D eigenvalue weighted by atomic mass is 10.1. The summed E-state index contributed by atoms with van der Waals surface area (Å²) in [5, 5.41) is 9.44. The third-order valence-electron chi connectivity index (χ3n) is 3.53. The van der Waals surface area contributed by atoms with Crippen molar-refractivity contribution in [2.75, 3.05) is 0 Å². The second-order valence-corrected chi connectivity index (χ2v) is 6.89. The fourth-order valence-electron chi connectivity index (χ4n) is 2.21. The molecule has 0 radical (unpaired) electrons. The standard InChI is InChI=1S/C19H12ClNO4S/c20-14-7-5-12(6-8-14)15(22)10-17-21-18(23)16(26-17)9-11-1-3-13(4-2-11)19(24)25/h1-10H,(H,21,23)(H,24,25)/b16-9-,17-10-. The maximum atomic E-state index is 12.2. The van der Waals surface area contributed by atoms with Crippen molar-refractivity contribution in [2.45, 2.75) is 0 Å². The van der Waals surface area contributed by atoms with Crippen LogP contribution in [-0.4, -0.2) is 21.8 Å². The van der Waals surface area contributed by atoms with E-state index in [0.29, 0.717) is 25.3 Å². The highest BCUT2D eigenvalue weighted by molar-refractivity contribution is 7.07. The number of carbonyl (C=O) groups is 2. The molecule has 0 atom stereocenters. The lowest BCUT2D eigenvalue weighted by molar-refractivity contribution is 0.0696. The first-order valence-corrected chi connectivity index (χ1v) is 8.68. The first-order chi connectivity index (χ1) is 12.4. The summed E-state index contributed by atoms with van der Waals surface area (Å²) < 4.78 is 0.853. The third-order valence-corrected chi connectivity index (χ3v) is 4.74. The maximum Gasteiger partial charge on any atom is 0.335 e. The number of carboxylic acid groups (broad SMARTS) is 1. The highest BCUT2D eigenvalue weighted by Gasteiger charge is 2.04. The molecule has 5 nitrogen and oxygen atoms in total. The van der Waals surface area contributed by atoms with E-state index in [1.807, 2.05) is 0 Å². The van der Waals surface area contributed by atoms with Gasteiger partial charge in [0.05, 0.1) is 14.8 Å². The van der Waals surface area contributed by atoms with Gasteiger partial charge in [-0.2, -0.15) is 0 Å². The molecule has 0 aliphatic carbocycles. The molecule has 0 aliphatic heterocycles. The van der Waals surface area contributed by atoms with E-state index >= 15 is 0 Å². The van der Waals surface area contributed by atoms with Gasteiger partial charge in [0.2, 0.25) is 0 Å². The Labute approximate surface area is 156 Å². The normalized spacial score (nSPS) is 12.3. The molecule has 2 N–H and O–H groups in total. The Morgan fingerprint density at radius 1 is 1.00 bits per heavy atom. The van der Waals surface area contributed by atoms with Gasteiger partial charge in [-0.25, -0.2) is 4.79 Å². The monoisotopic (exact) mass is 385 g/mol. The molecule has 0 saturated carbocycles. The first-order valence-electron chi connectivity index (χ1n) is 7.48. The number of H-pyrrole nitrogens is 1. The zero-order valence-electron chi connectivity index (χ0n) is 13.2. The smallest absolute Gasteiger partial charge is 0.335 e. The van der Waals surface area contributed by atoms with Gasteiger partial charge >= 0.3 is 5.97 Å². The van der Waals surface area contributed by atoms with Crippen molar-refractivity contribution in [3.63, 3.8) is 0 Å². The number of hydrogen-bond acceptors (Lipinski definition) is 4. The van der Waals surface area contributed by atoms with Crippen molar-refractivity contribution < 1.29 is 14.7 Å². The quantitative estimate of drug-likeness (QED) is 0.674. The van der Waals surface area contributed by atoms with Gasteiger partial charge in [-0.05, 0) is 48.0 Å². The number of benzene rings is 2. The summed E-state index contributed by atoms with van der Waals surface area (Å²) >= 11 is 6.95. The average molecular weight is 386 g/mol. The highest BCUT2D eigenvalue weighted by atomic mass is 35.5. The van der Waals surface area contributed by atoms with Gasteiger partial charge in [0.1, 0.15) is 0 Å². The van der Waals surface area contributed by atoms with Gasteiger partial charge in [0.15, 0.2) is 5.78 Å². The number of thiazole rings is 1. The summed E-state index contributed by atoms with van der Waals surface area (Å²) in [7, 11) is 0. The van der Waals surface area contributed by atoms with Crippen molar-refractivity contribution in [1.82, 2.24) is 4.98 Å². The Balaban J connectivity index is 1.93. The van der Waals surface area contributed by atoms with E-state index in [1.54, 1.807) is 42.5 Å². The van der Waals surface area contributed by atoms with Crippen LogP contribution < -0.4 is 14.8 Å². The Hall–Kier alpha value is -2.96. The summed E-state index contributed by atoms with van der Waals surface area (Å²) in [6, 6.07) is 12.6. The van der Waals surface area contributed by atoms with Crippen LogP contribution in [0.4, 0.5) is 0 Å². The highest BCUT2D eigenvalue weighted by Crippen LogP contribution is 2.10. The molecule has 130 valence electrons. The molecule has 26 heavy (non-hydrogen) atoms. The molecule has 0 fully saturated rings. The van der Waals surface area contributed by atoms with Gasteiger partial charge in [0.25, 0.3) is 5.56 Å². The summed E-state index contributed by atoms with van der Waals surface area (Å²) in [5.41, 5.74) is 1.02. The van der Waals surface area contributed by atoms with Crippen molar-refractivity contribution >= 4 is 46.8 Å². The van der Waals surface area contributed by atoms with E-state index in [1.165, 1.54) is 18.2 Å². The number of carboxylic acids is 1. The number of Topliss-reactive ketones (excluding diaryl/α,β-unsaturated/α-hetero) is 1. The van der Waals surface area contributed by atoms with Crippen LogP contribution in [0, 0.1) is 0 Å². The number of aromatic nitrogens is 1. The summed E-state index contributed by atoms with van der Waals surface area (Å²) in [6.07, 6.45) is 3.00. The molecule has 0 spiro atoms. The summed E-state index contributed by atoms with van der Waals surface area (Å²) in [5.74, 6) is -1.25. The number of hydrogen-bond donors (Lipinski definition) is 2. The number of nitrogens with one attached hydrogen (secondary N) is 1. The minimum atomic E-state index is -1.01. The van der Waals surface area contributed by atoms with E-state index in [9.17, 15) is 14.4 Å². The van der Waals surface area contributed by atoms with Gasteiger partial charge in [-0.1, -0.05) is 23.7 Å². The van der Waals surface area contributed by atoms with Crippen LogP contribution in [0.25, 0.3) is 12.2 Å². The van der Waals surface area contributed by atoms with Gasteiger partial charge in [-0.15, -0.1) is 11.3 Å². The van der Waals surface area contributed by atoms with Crippen molar-refractivity contribution in [2.24, 2.45) is 0 Å². The fraction of sp³-hybridized carbons (Fsp3) is 0. The molecule has 0 saturated heterocycles. The van der Waals surface area contributed by atoms with Crippen LogP contribution in [-0.2, 0) is 0 Å². The number of ketones is 1. The van der Waals surface area contributed by atoms with E-state index in [0.717, 1.165) is 11.3 Å². The van der Waals surface area contributed by atoms with Crippen molar-refractivity contribution in [3.05, 3.63) is 89.8 Å². The molecule has 0 aliphatic rings. The maximum absolute atomic E-state index is 12.2. The molecule has 1 aromatic heterocycles. The van der Waals surface area contributed by atoms with E-state index in [-0.39, 0.29) is 16.9 Å². The lowest BCUT2D eigenvalue weighted by Gasteiger charge is -1.94. The van der Waals surface area contributed by atoms with E-state index in [4.69, 9.17) is 16.7 Å². The zero-order valence-corrected chi connectivity index (χ0v) is 14.8. The molecule has 3 aromatic rings. The van der Waals surface area contributed by atoms with Crippen molar-refractivity contribution in [3.8, 4) is 0 Å². The molecule has 7 heteroatoms. The SMILES string of the molecule is O=C(O)c1ccc(/C=c2\s/c(=C\C(=O)c3ccc(Cl)cc3)[nH]c2=O)cc1. The van der Waals surface area contributed by atoms with Gasteiger partial charge in [-0.3, -0.25) is 9.59 Å². The molecular weight excluding hydrogens is 374 g/mol. The minimum absolute atomic E-state index is 0.171. The zero-order chi connectivity index (χ0) is 18.7. The molecule has 0 unspecified atom stereocenters. The lowest BCUT2D eigenvalue weighted by Crippen LogP contribution is -2.20. The number of halogens is 1. The number of aromatic amines is 1. The van der Waals surface area contributed by atoms with Crippen LogP contribution in [0.2, 0.25) is 5.02 Å². The molecule has 2 aromatic carbocycles. The molecule has 3 rings (SSSR count). The summed E-state index contributed by atoms with van der Waals surface area (Å²) in [4.78, 5) is 37.8. The third kappa shape index (κ3) is 4.17. The Morgan fingerprint density at radius 2 is 1.62 bits per heavy atom. The fourth-order valence-corrected chi connectivity index (χ4v) is 3.23. The van der Waals surface area contributed by atoms with E-state index in [2.05, 4.69) is 4.98 Å². The molecule has 0 bridgehead atoms. The topological polar surface area (TPSA) is 87.2 Å². The largest absolute Gasteiger partial charge is 0.478 e. The minimum Gasteiger partial charge on any atom is -0.478 e. The molecular formula is C19H12ClNO4S. The Bertz CT molecular complexity index is 1140. The Kier molecular flexibility index (Phi) is 5.16. The number of aromatic carboxylic acids is 1. The van der Waals surface area contributed by atoms with Gasteiger partial charge < -0.3 is 10.1 Å². The van der Waals surface area contributed by atoms with Crippen LogP contribution >= 0.6 is 22.9 Å².